The maximum atomic E-state index is 12.0. The Labute approximate surface area is 148 Å². The number of carbonyl (C=O) groups is 2. The average molecular weight is 341 g/mol. The Bertz CT molecular complexity index is 416. The van der Waals surface area contributed by atoms with Gasteiger partial charge in [0.25, 0.3) is 0 Å². The van der Waals surface area contributed by atoms with Crippen LogP contribution in [0.2, 0.25) is 0 Å². The number of esters is 2. The van der Waals surface area contributed by atoms with Crippen molar-refractivity contribution in [3.8, 4) is 0 Å². The van der Waals surface area contributed by atoms with E-state index in [9.17, 15) is 9.59 Å². The second kappa shape index (κ2) is 8.68. The van der Waals surface area contributed by atoms with Crippen LogP contribution in [0.3, 0.4) is 0 Å². The molecule has 0 spiro atoms. The van der Waals surface area contributed by atoms with Crippen LogP contribution in [0.4, 0.5) is 0 Å². The lowest BCUT2D eigenvalue weighted by Gasteiger charge is -2.34. The lowest BCUT2D eigenvalue weighted by atomic mass is 9.83. The molecule has 0 fully saturated rings. The predicted molar refractivity (Wildman–Crippen MR) is 97.5 cm³/mol. The van der Waals surface area contributed by atoms with Crippen LogP contribution in [0.1, 0.15) is 69.2 Å². The maximum Gasteiger partial charge on any atom is 0.331 e. The predicted octanol–water partition coefficient (Wildman–Crippen LogP) is 4.77. The molecule has 24 heavy (non-hydrogen) atoms. The molecule has 4 nitrogen and oxygen atoms in total. The van der Waals surface area contributed by atoms with E-state index in [1.54, 1.807) is 0 Å². The molecule has 0 aliphatic carbocycles. The van der Waals surface area contributed by atoms with Crippen LogP contribution in [0.25, 0.3) is 0 Å². The van der Waals surface area contributed by atoms with E-state index >= 15 is 0 Å². The van der Waals surface area contributed by atoms with Gasteiger partial charge in [-0.15, -0.1) is 0 Å². The molecule has 0 radical (unpaired) electrons. The highest BCUT2D eigenvalue weighted by atomic mass is 16.6. The maximum absolute atomic E-state index is 12.0. The zero-order valence-corrected chi connectivity index (χ0v) is 17.1. The molecule has 0 aliphatic heterocycles. The molecule has 0 aliphatic rings. The zero-order chi connectivity index (χ0) is 19.3. The van der Waals surface area contributed by atoms with Crippen molar-refractivity contribution in [2.45, 2.75) is 80.4 Å². The standard InChI is InChI=1S/C20H36O4/c1-13(2)15(5)19(7,8)23-17(21)11-12-18(22)24-20(9,10)16(6)14(3)4/h11-16H,1-10H3/b12-11+. The van der Waals surface area contributed by atoms with Crippen LogP contribution >= 0.6 is 0 Å². The Morgan fingerprint density at radius 1 is 0.667 bits per heavy atom. The van der Waals surface area contributed by atoms with Gasteiger partial charge in [0.1, 0.15) is 11.2 Å². The number of hydrogen-bond acceptors (Lipinski definition) is 4. The first-order valence-electron chi connectivity index (χ1n) is 8.84. The van der Waals surface area contributed by atoms with Gasteiger partial charge in [-0.3, -0.25) is 0 Å². The molecule has 0 heterocycles. The number of hydrogen-bond donors (Lipinski definition) is 0. The van der Waals surface area contributed by atoms with Crippen molar-refractivity contribution in [1.29, 1.82) is 0 Å². The fourth-order valence-electron chi connectivity index (χ4n) is 2.51. The van der Waals surface area contributed by atoms with Crippen LogP contribution in [-0.2, 0) is 19.1 Å². The lowest BCUT2D eigenvalue weighted by Crippen LogP contribution is -2.38. The SMILES string of the molecule is CC(C)C(C)C(C)(C)OC(=O)/C=C/C(=O)OC(C)(C)C(C)C(C)C. The van der Waals surface area contributed by atoms with Gasteiger partial charge in [-0.1, -0.05) is 41.5 Å². The summed E-state index contributed by atoms with van der Waals surface area (Å²) in [7, 11) is 0. The molecule has 0 bridgehead atoms. The highest BCUT2D eigenvalue weighted by Crippen LogP contribution is 2.29. The van der Waals surface area contributed by atoms with E-state index in [4.69, 9.17) is 9.47 Å². The van der Waals surface area contributed by atoms with Crippen molar-refractivity contribution in [2.75, 3.05) is 0 Å². The second-order valence-corrected chi connectivity index (χ2v) is 8.45. The molecule has 0 saturated carbocycles. The summed E-state index contributed by atoms with van der Waals surface area (Å²) in [6.07, 6.45) is 2.29. The van der Waals surface area contributed by atoms with Crippen molar-refractivity contribution >= 4 is 11.9 Å². The van der Waals surface area contributed by atoms with E-state index in [0.717, 1.165) is 12.2 Å². The quantitative estimate of drug-likeness (QED) is 0.472. The Morgan fingerprint density at radius 3 is 1.12 bits per heavy atom. The Balaban J connectivity index is 4.74. The van der Waals surface area contributed by atoms with Gasteiger partial charge in [-0.05, 0) is 51.4 Å². The summed E-state index contributed by atoms with van der Waals surface area (Å²) >= 11 is 0. The van der Waals surface area contributed by atoms with Crippen LogP contribution in [0.5, 0.6) is 0 Å². The summed E-state index contributed by atoms with van der Waals surface area (Å²) in [5.41, 5.74) is -1.18. The van der Waals surface area contributed by atoms with E-state index in [0.29, 0.717) is 11.8 Å². The molecule has 0 N–H and O–H groups in total. The fraction of sp³-hybridized carbons (Fsp3) is 0.800. The summed E-state index contributed by atoms with van der Waals surface area (Å²) in [6, 6.07) is 0. The Morgan fingerprint density at radius 2 is 0.917 bits per heavy atom. The summed E-state index contributed by atoms with van der Waals surface area (Å²) in [5.74, 6) is 0.124. The van der Waals surface area contributed by atoms with Gasteiger partial charge in [0.05, 0.1) is 0 Å². The van der Waals surface area contributed by atoms with Crippen LogP contribution in [-0.4, -0.2) is 23.1 Å². The molecule has 4 heteroatoms. The van der Waals surface area contributed by atoms with Gasteiger partial charge in [0.15, 0.2) is 0 Å². The van der Waals surface area contributed by atoms with Crippen molar-refractivity contribution in [3.63, 3.8) is 0 Å². The minimum Gasteiger partial charge on any atom is -0.456 e. The minimum atomic E-state index is -0.592. The van der Waals surface area contributed by atoms with Gasteiger partial charge in [0, 0.05) is 12.2 Å². The largest absolute Gasteiger partial charge is 0.456 e. The molecule has 140 valence electrons. The molecule has 0 aromatic heterocycles. The van der Waals surface area contributed by atoms with E-state index in [1.807, 2.05) is 41.5 Å². The molecule has 0 saturated heterocycles. The van der Waals surface area contributed by atoms with Crippen LogP contribution in [0.15, 0.2) is 12.2 Å². The lowest BCUT2D eigenvalue weighted by molar-refractivity contribution is -0.159. The summed E-state index contributed by atoms with van der Waals surface area (Å²) in [6.45, 7) is 20.0. The van der Waals surface area contributed by atoms with Gasteiger partial charge in [-0.2, -0.15) is 0 Å². The smallest absolute Gasteiger partial charge is 0.331 e. The average Bonchev–Trinajstić information content (AvgIpc) is 2.42. The molecular weight excluding hydrogens is 304 g/mol. The first-order valence-corrected chi connectivity index (χ1v) is 8.84. The highest BCUT2D eigenvalue weighted by molar-refractivity contribution is 5.92. The van der Waals surface area contributed by atoms with E-state index in [1.165, 1.54) is 0 Å². The van der Waals surface area contributed by atoms with Crippen molar-refractivity contribution < 1.29 is 19.1 Å². The van der Waals surface area contributed by atoms with Crippen molar-refractivity contribution in [3.05, 3.63) is 12.2 Å². The van der Waals surface area contributed by atoms with Gasteiger partial charge < -0.3 is 9.47 Å². The van der Waals surface area contributed by atoms with Crippen molar-refractivity contribution in [1.82, 2.24) is 0 Å². The van der Waals surface area contributed by atoms with Gasteiger partial charge >= 0.3 is 11.9 Å². The van der Waals surface area contributed by atoms with Crippen LogP contribution < -0.4 is 0 Å². The minimum absolute atomic E-state index is 0.202. The fourth-order valence-corrected chi connectivity index (χ4v) is 2.51. The molecule has 2 unspecified atom stereocenters. The molecule has 0 rings (SSSR count). The second-order valence-electron chi connectivity index (χ2n) is 8.45. The first-order chi connectivity index (χ1) is 10.7. The van der Waals surface area contributed by atoms with E-state index < -0.39 is 23.1 Å². The molecular formula is C20H36O4. The number of ether oxygens (including phenoxy) is 2. The molecule has 0 aromatic carbocycles. The zero-order valence-electron chi connectivity index (χ0n) is 17.1. The summed E-state index contributed by atoms with van der Waals surface area (Å²) in [5, 5.41) is 0. The summed E-state index contributed by atoms with van der Waals surface area (Å²) in [4.78, 5) is 24.0. The van der Waals surface area contributed by atoms with E-state index in [2.05, 4.69) is 27.7 Å². The highest BCUT2D eigenvalue weighted by Gasteiger charge is 2.33. The topological polar surface area (TPSA) is 52.6 Å². The van der Waals surface area contributed by atoms with Gasteiger partial charge in [-0.25, -0.2) is 9.59 Å². The number of rotatable bonds is 8. The van der Waals surface area contributed by atoms with Gasteiger partial charge in [0.2, 0.25) is 0 Å². The third kappa shape index (κ3) is 7.06. The van der Waals surface area contributed by atoms with E-state index in [-0.39, 0.29) is 11.8 Å². The van der Waals surface area contributed by atoms with Crippen LogP contribution in [0, 0.1) is 23.7 Å². The molecule has 0 amide bonds. The Hall–Kier alpha value is -1.32. The normalized spacial score (nSPS) is 15.7. The van der Waals surface area contributed by atoms with Crippen molar-refractivity contribution in [2.24, 2.45) is 23.7 Å². The molecule has 0 aromatic rings. The monoisotopic (exact) mass is 340 g/mol. The number of carbonyl (C=O) groups excluding carboxylic acids is 2. The third-order valence-corrected chi connectivity index (χ3v) is 5.28. The third-order valence-electron chi connectivity index (χ3n) is 5.28. The first kappa shape index (κ1) is 22.7. The summed E-state index contributed by atoms with van der Waals surface area (Å²) < 4.78 is 11.0. The molecule has 2 atom stereocenters. The Kier molecular flexibility index (Phi) is 8.20.